The largest absolute Gasteiger partial charge is 0.376 e. The number of benzene rings is 1. The van der Waals surface area contributed by atoms with Crippen LogP contribution in [0.5, 0.6) is 0 Å². The molecule has 3 N–H and O–H groups in total. The van der Waals surface area contributed by atoms with Crippen LogP contribution in [0.1, 0.15) is 24.8 Å². The van der Waals surface area contributed by atoms with Crippen LogP contribution in [0.4, 0.5) is 9.18 Å². The lowest BCUT2D eigenvalue weighted by Crippen LogP contribution is -2.44. The van der Waals surface area contributed by atoms with Crippen molar-refractivity contribution < 1.29 is 18.7 Å². The predicted molar refractivity (Wildman–Crippen MR) is 91.9 cm³/mol. The number of ether oxygens (including phenoxy) is 1. The molecule has 1 atom stereocenters. The summed E-state index contributed by atoms with van der Waals surface area (Å²) in [4.78, 5) is 28.0. The summed E-state index contributed by atoms with van der Waals surface area (Å²) >= 11 is 5.93. The summed E-state index contributed by atoms with van der Waals surface area (Å²) in [5.41, 5.74) is 6.66. The van der Waals surface area contributed by atoms with Gasteiger partial charge in [0.1, 0.15) is 10.8 Å². The maximum absolute atomic E-state index is 13.5. The van der Waals surface area contributed by atoms with Crippen molar-refractivity contribution in [2.45, 2.75) is 31.8 Å². The third-order valence-electron chi connectivity index (χ3n) is 4.42. The zero-order valence-electron chi connectivity index (χ0n) is 13.6. The van der Waals surface area contributed by atoms with E-state index in [1.54, 1.807) is 12.3 Å². The van der Waals surface area contributed by atoms with Crippen LogP contribution in [0.3, 0.4) is 0 Å². The minimum absolute atomic E-state index is 0.0206. The first kappa shape index (κ1) is 17.7. The number of hydrogen-bond acceptors (Lipinski definition) is 3. The zero-order chi connectivity index (χ0) is 18.0. The molecule has 1 aliphatic rings. The van der Waals surface area contributed by atoms with Gasteiger partial charge in [0.15, 0.2) is 0 Å². The number of H-pyrrole nitrogens is 1. The average molecular weight is 368 g/mol. The first-order valence-electron chi connectivity index (χ1n) is 8.12. The van der Waals surface area contributed by atoms with Gasteiger partial charge in [0.25, 0.3) is 0 Å². The Balaban J connectivity index is 1.68. The number of amides is 3. The normalized spacial score (nSPS) is 17.1. The first-order valence-corrected chi connectivity index (χ1v) is 8.50. The number of fused-ring (bicyclic) bond motifs is 1. The molecule has 2 heterocycles. The molecule has 2 aromatic rings. The molecule has 25 heavy (non-hydrogen) atoms. The van der Waals surface area contributed by atoms with E-state index in [0.29, 0.717) is 18.5 Å². The summed E-state index contributed by atoms with van der Waals surface area (Å²) < 4.78 is 18.9. The number of nitrogens with two attached hydrogens (primary N) is 1. The number of hydrogen-bond donors (Lipinski definition) is 2. The van der Waals surface area contributed by atoms with Crippen LogP contribution in [-0.2, 0) is 16.0 Å². The van der Waals surface area contributed by atoms with Gasteiger partial charge >= 0.3 is 6.03 Å². The minimum Gasteiger partial charge on any atom is -0.376 e. The van der Waals surface area contributed by atoms with Gasteiger partial charge in [-0.05, 0) is 37.0 Å². The Labute approximate surface area is 149 Å². The number of imide groups is 1. The fourth-order valence-corrected chi connectivity index (χ4v) is 3.31. The second kappa shape index (κ2) is 7.41. The van der Waals surface area contributed by atoms with Crippen molar-refractivity contribution in [3.8, 4) is 0 Å². The van der Waals surface area contributed by atoms with E-state index in [-0.39, 0.29) is 30.0 Å². The first-order chi connectivity index (χ1) is 12.0. The Morgan fingerprint density at radius 1 is 1.44 bits per heavy atom. The number of carbonyl (C=O) groups excluding carboxylic acids is 2. The predicted octanol–water partition coefficient (Wildman–Crippen LogP) is 2.98. The molecule has 1 fully saturated rings. The quantitative estimate of drug-likeness (QED) is 0.851. The lowest BCUT2D eigenvalue weighted by atomic mass is 10.1. The van der Waals surface area contributed by atoms with Gasteiger partial charge in [0.05, 0.1) is 18.2 Å². The van der Waals surface area contributed by atoms with Crippen LogP contribution >= 0.6 is 11.6 Å². The van der Waals surface area contributed by atoms with Gasteiger partial charge in [0.2, 0.25) is 5.91 Å². The number of rotatable bonds is 5. The third kappa shape index (κ3) is 3.77. The van der Waals surface area contributed by atoms with E-state index in [4.69, 9.17) is 22.1 Å². The molecular weight excluding hydrogens is 349 g/mol. The molecule has 6 nitrogen and oxygen atoms in total. The topological polar surface area (TPSA) is 88.4 Å². The Kier molecular flexibility index (Phi) is 5.24. The highest BCUT2D eigenvalue weighted by atomic mass is 35.5. The van der Waals surface area contributed by atoms with Gasteiger partial charge < -0.3 is 15.5 Å². The summed E-state index contributed by atoms with van der Waals surface area (Å²) in [5.74, 6) is -0.860. The van der Waals surface area contributed by atoms with Gasteiger partial charge in [-0.1, -0.05) is 11.6 Å². The summed E-state index contributed by atoms with van der Waals surface area (Å²) in [6, 6.07) is 2.13. The van der Waals surface area contributed by atoms with E-state index >= 15 is 0 Å². The highest BCUT2D eigenvalue weighted by Gasteiger charge is 2.26. The van der Waals surface area contributed by atoms with E-state index in [1.807, 2.05) is 0 Å². The van der Waals surface area contributed by atoms with Crippen molar-refractivity contribution >= 4 is 34.4 Å². The second-order valence-electron chi connectivity index (χ2n) is 6.08. The molecule has 0 spiro atoms. The van der Waals surface area contributed by atoms with Gasteiger partial charge in [0, 0.05) is 24.6 Å². The average Bonchev–Trinajstić information content (AvgIpc) is 3.23. The molecule has 0 aliphatic carbocycles. The number of primary amides is 1. The number of halogens is 2. The van der Waals surface area contributed by atoms with Crippen molar-refractivity contribution in [1.82, 2.24) is 9.88 Å². The molecule has 1 aromatic heterocycles. The monoisotopic (exact) mass is 367 g/mol. The van der Waals surface area contributed by atoms with Gasteiger partial charge in [-0.3, -0.25) is 9.69 Å². The van der Waals surface area contributed by atoms with E-state index in [0.717, 1.165) is 28.7 Å². The zero-order valence-corrected chi connectivity index (χ0v) is 14.3. The lowest BCUT2D eigenvalue weighted by molar-refractivity contribution is -0.129. The summed E-state index contributed by atoms with van der Waals surface area (Å²) in [6.07, 6.45) is 3.76. The van der Waals surface area contributed by atoms with Crippen molar-refractivity contribution in [3.05, 3.63) is 34.7 Å². The van der Waals surface area contributed by atoms with Gasteiger partial charge in [-0.25, -0.2) is 9.18 Å². The van der Waals surface area contributed by atoms with Crippen LogP contribution in [0.25, 0.3) is 10.9 Å². The van der Waals surface area contributed by atoms with Crippen molar-refractivity contribution in [1.29, 1.82) is 0 Å². The van der Waals surface area contributed by atoms with Crippen LogP contribution in [0, 0.1) is 5.82 Å². The fourth-order valence-electron chi connectivity index (χ4n) is 3.09. The van der Waals surface area contributed by atoms with E-state index in [9.17, 15) is 14.0 Å². The smallest absolute Gasteiger partial charge is 0.321 e. The molecular formula is C17H19ClFN3O3. The number of urea groups is 1. The molecule has 3 amide bonds. The molecule has 1 aromatic carbocycles. The number of carbonyl (C=O) groups is 2. The van der Waals surface area contributed by atoms with Crippen LogP contribution < -0.4 is 5.73 Å². The molecule has 134 valence electrons. The summed E-state index contributed by atoms with van der Waals surface area (Å²) in [6.45, 7) is 0.817. The van der Waals surface area contributed by atoms with E-state index < -0.39 is 11.8 Å². The summed E-state index contributed by atoms with van der Waals surface area (Å²) in [7, 11) is 0. The standard InChI is InChI=1S/C17H19ClFN3O3/c18-15-13(19)5-4-12-10(8-21-16(12)15)3-6-14(23)22(17(20)24)9-11-2-1-7-25-11/h4-5,8,11,21H,1-3,6-7,9H2,(H2,20,24). The molecule has 1 unspecified atom stereocenters. The lowest BCUT2D eigenvalue weighted by Gasteiger charge is -2.21. The number of aryl methyl sites for hydroxylation is 1. The third-order valence-corrected chi connectivity index (χ3v) is 4.79. The van der Waals surface area contributed by atoms with E-state index in [1.165, 1.54) is 6.07 Å². The SMILES string of the molecule is NC(=O)N(CC1CCCO1)C(=O)CCc1c[nH]c2c(Cl)c(F)ccc12. The van der Waals surface area contributed by atoms with Gasteiger partial charge in [-0.15, -0.1) is 0 Å². The molecule has 3 rings (SSSR count). The second-order valence-corrected chi connectivity index (χ2v) is 6.45. The van der Waals surface area contributed by atoms with Crippen LogP contribution in [0.15, 0.2) is 18.3 Å². The van der Waals surface area contributed by atoms with Crippen LogP contribution in [-0.4, -0.2) is 41.1 Å². The minimum atomic E-state index is -0.774. The Hall–Kier alpha value is -2.12. The Bertz CT molecular complexity index is 802. The number of aromatic amines is 1. The maximum Gasteiger partial charge on any atom is 0.321 e. The van der Waals surface area contributed by atoms with E-state index in [2.05, 4.69) is 4.98 Å². The number of nitrogens with one attached hydrogen (secondary N) is 1. The molecule has 0 bridgehead atoms. The highest BCUT2D eigenvalue weighted by Crippen LogP contribution is 2.28. The van der Waals surface area contributed by atoms with Crippen molar-refractivity contribution in [2.24, 2.45) is 5.73 Å². The number of aromatic nitrogens is 1. The fraction of sp³-hybridized carbons (Fsp3) is 0.412. The van der Waals surface area contributed by atoms with Gasteiger partial charge in [-0.2, -0.15) is 0 Å². The Morgan fingerprint density at radius 2 is 2.24 bits per heavy atom. The summed E-state index contributed by atoms with van der Waals surface area (Å²) in [5, 5.41) is 0.774. The molecule has 0 radical (unpaired) electrons. The molecule has 1 saturated heterocycles. The van der Waals surface area contributed by atoms with Crippen molar-refractivity contribution in [2.75, 3.05) is 13.2 Å². The highest BCUT2D eigenvalue weighted by molar-refractivity contribution is 6.35. The molecule has 0 saturated carbocycles. The van der Waals surface area contributed by atoms with Crippen LogP contribution in [0.2, 0.25) is 5.02 Å². The molecule has 1 aliphatic heterocycles. The number of nitrogens with zero attached hydrogens (tertiary/aromatic N) is 1. The molecule has 8 heteroatoms. The Morgan fingerprint density at radius 3 is 2.92 bits per heavy atom. The maximum atomic E-state index is 13.5. The van der Waals surface area contributed by atoms with Crippen molar-refractivity contribution in [3.63, 3.8) is 0 Å².